The lowest BCUT2D eigenvalue weighted by atomic mass is 10.1. The molecule has 0 aliphatic heterocycles. The average molecular weight is 453 g/mol. The van der Waals surface area contributed by atoms with Crippen LogP contribution < -0.4 is 10.1 Å². The Morgan fingerprint density at radius 1 is 1.22 bits per heavy atom. The number of carbonyl (C=O) groups is 2. The molecule has 1 unspecified atom stereocenters. The number of amides is 1. The number of hydrogen-bond donors (Lipinski definition) is 1. The van der Waals surface area contributed by atoms with Gasteiger partial charge >= 0.3 is 5.97 Å². The van der Waals surface area contributed by atoms with Gasteiger partial charge in [0, 0.05) is 29.2 Å². The molecule has 0 saturated carbocycles. The number of nitrogens with zero attached hydrogens (tertiary/aromatic N) is 2. The Balaban J connectivity index is 1.56. The first-order valence-corrected chi connectivity index (χ1v) is 10.3. The number of thiazole rings is 1. The molecule has 32 heavy (non-hydrogen) atoms. The lowest BCUT2D eigenvalue weighted by Crippen LogP contribution is -2.29. The van der Waals surface area contributed by atoms with Gasteiger partial charge in [-0.2, -0.15) is 0 Å². The molecule has 0 radical (unpaired) electrons. The van der Waals surface area contributed by atoms with Gasteiger partial charge in [-0.15, -0.1) is 11.3 Å². The summed E-state index contributed by atoms with van der Waals surface area (Å²) in [7, 11) is 1.56. The van der Waals surface area contributed by atoms with E-state index < -0.39 is 22.9 Å². The van der Waals surface area contributed by atoms with Crippen molar-refractivity contribution in [2.75, 3.05) is 12.4 Å². The second kappa shape index (κ2) is 10.3. The topological polar surface area (TPSA) is 121 Å². The molecule has 2 aromatic carbocycles. The molecule has 1 atom stereocenters. The van der Waals surface area contributed by atoms with Crippen molar-refractivity contribution in [3.8, 4) is 17.0 Å². The van der Waals surface area contributed by atoms with Gasteiger partial charge < -0.3 is 9.47 Å². The lowest BCUT2D eigenvalue weighted by Gasteiger charge is -2.10. The number of non-ortho nitro benzene ring substituents is 1. The quantitative estimate of drug-likeness (QED) is 0.233. The molecule has 9 nitrogen and oxygen atoms in total. The molecule has 10 heteroatoms. The van der Waals surface area contributed by atoms with Crippen LogP contribution in [0.15, 0.2) is 60.0 Å². The van der Waals surface area contributed by atoms with Crippen molar-refractivity contribution in [1.29, 1.82) is 0 Å². The molecule has 0 fully saturated rings. The van der Waals surface area contributed by atoms with E-state index in [0.717, 1.165) is 16.9 Å². The van der Waals surface area contributed by atoms with Gasteiger partial charge in [0.1, 0.15) is 5.75 Å². The minimum Gasteiger partial charge on any atom is -0.497 e. The molecule has 3 aromatic rings. The standard InChI is InChI=1S/C22H19N3O6S/c1-14(31-20(26)11-8-15-6-9-18(30-2)10-7-15)21(27)24-22-23-19(13-32-22)16-4-3-5-17(12-16)25(28)29/h3-14H,1-2H3,(H,23,24,27)/b11-8+. The van der Waals surface area contributed by atoms with E-state index in [9.17, 15) is 19.7 Å². The zero-order valence-corrected chi connectivity index (χ0v) is 18.0. The molecule has 0 aliphatic carbocycles. The zero-order chi connectivity index (χ0) is 23.1. The predicted molar refractivity (Wildman–Crippen MR) is 120 cm³/mol. The first-order chi connectivity index (χ1) is 15.4. The smallest absolute Gasteiger partial charge is 0.331 e. The number of nitrogens with one attached hydrogen (secondary N) is 1. The Bertz CT molecular complexity index is 1160. The van der Waals surface area contributed by atoms with Gasteiger partial charge in [-0.05, 0) is 30.7 Å². The van der Waals surface area contributed by atoms with E-state index in [4.69, 9.17) is 9.47 Å². The number of esters is 1. The Labute approximate surface area is 187 Å². The van der Waals surface area contributed by atoms with Crippen LogP contribution in [0.4, 0.5) is 10.8 Å². The number of benzene rings is 2. The van der Waals surface area contributed by atoms with Crippen LogP contribution in [0.5, 0.6) is 5.75 Å². The van der Waals surface area contributed by atoms with E-state index in [2.05, 4.69) is 10.3 Å². The Morgan fingerprint density at radius 3 is 2.66 bits per heavy atom. The third kappa shape index (κ3) is 5.99. The molecule has 1 amide bonds. The second-order valence-electron chi connectivity index (χ2n) is 6.52. The summed E-state index contributed by atoms with van der Waals surface area (Å²) in [5.41, 5.74) is 1.76. The highest BCUT2D eigenvalue weighted by atomic mass is 32.1. The van der Waals surface area contributed by atoms with Gasteiger partial charge in [-0.1, -0.05) is 24.3 Å². The van der Waals surface area contributed by atoms with Crippen molar-refractivity contribution in [2.45, 2.75) is 13.0 Å². The maximum atomic E-state index is 12.3. The van der Waals surface area contributed by atoms with Gasteiger partial charge in [-0.25, -0.2) is 9.78 Å². The van der Waals surface area contributed by atoms with E-state index in [0.29, 0.717) is 17.0 Å². The molecule has 1 N–H and O–H groups in total. The van der Waals surface area contributed by atoms with Gasteiger partial charge in [0.25, 0.3) is 11.6 Å². The van der Waals surface area contributed by atoms with Crippen molar-refractivity contribution >= 4 is 40.1 Å². The third-order valence-electron chi connectivity index (χ3n) is 4.28. The molecule has 1 heterocycles. The lowest BCUT2D eigenvalue weighted by molar-refractivity contribution is -0.384. The SMILES string of the molecule is COc1ccc(/C=C/C(=O)OC(C)C(=O)Nc2nc(-c3cccc([N+](=O)[O-])c3)cs2)cc1. The molecule has 0 spiro atoms. The van der Waals surface area contributed by atoms with Crippen molar-refractivity contribution < 1.29 is 24.0 Å². The summed E-state index contributed by atoms with van der Waals surface area (Å²) in [5, 5.41) is 15.5. The average Bonchev–Trinajstić information content (AvgIpc) is 3.26. The number of rotatable bonds is 8. The van der Waals surface area contributed by atoms with E-state index in [1.54, 1.807) is 55.0 Å². The monoisotopic (exact) mass is 453 g/mol. The summed E-state index contributed by atoms with van der Waals surface area (Å²) in [4.78, 5) is 39.0. The molecular weight excluding hydrogens is 434 g/mol. The summed E-state index contributed by atoms with van der Waals surface area (Å²) in [5.74, 6) is -0.512. The van der Waals surface area contributed by atoms with Crippen LogP contribution in [-0.2, 0) is 14.3 Å². The van der Waals surface area contributed by atoms with E-state index >= 15 is 0 Å². The van der Waals surface area contributed by atoms with E-state index in [1.807, 2.05) is 0 Å². The predicted octanol–water partition coefficient (Wildman–Crippen LogP) is 4.31. The van der Waals surface area contributed by atoms with Crippen LogP contribution in [0.2, 0.25) is 0 Å². The third-order valence-corrected chi connectivity index (χ3v) is 5.03. The van der Waals surface area contributed by atoms with Gasteiger partial charge in [0.05, 0.1) is 17.7 Å². The fourth-order valence-electron chi connectivity index (χ4n) is 2.60. The summed E-state index contributed by atoms with van der Waals surface area (Å²) in [6.45, 7) is 1.45. The fraction of sp³-hybridized carbons (Fsp3) is 0.136. The highest BCUT2D eigenvalue weighted by Crippen LogP contribution is 2.27. The highest BCUT2D eigenvalue weighted by Gasteiger charge is 2.18. The highest BCUT2D eigenvalue weighted by molar-refractivity contribution is 7.14. The van der Waals surface area contributed by atoms with Crippen LogP contribution in [0.25, 0.3) is 17.3 Å². The van der Waals surface area contributed by atoms with E-state index in [1.165, 1.54) is 25.1 Å². The van der Waals surface area contributed by atoms with Crippen molar-refractivity contribution in [3.63, 3.8) is 0 Å². The number of nitro benzene ring substituents is 1. The maximum Gasteiger partial charge on any atom is 0.331 e. The molecule has 0 saturated heterocycles. The molecule has 0 aliphatic rings. The number of anilines is 1. The molecule has 1 aromatic heterocycles. The van der Waals surface area contributed by atoms with Crippen molar-refractivity contribution in [3.05, 3.63) is 75.7 Å². The van der Waals surface area contributed by atoms with Gasteiger partial charge in [0.2, 0.25) is 0 Å². The second-order valence-corrected chi connectivity index (χ2v) is 7.38. The summed E-state index contributed by atoms with van der Waals surface area (Å²) in [6, 6.07) is 13.1. The van der Waals surface area contributed by atoms with Crippen LogP contribution >= 0.6 is 11.3 Å². The van der Waals surface area contributed by atoms with Gasteiger partial charge in [0.15, 0.2) is 11.2 Å². The Kier molecular flexibility index (Phi) is 7.29. The first-order valence-electron chi connectivity index (χ1n) is 9.39. The number of carbonyl (C=O) groups excluding carboxylic acids is 2. The summed E-state index contributed by atoms with van der Waals surface area (Å²) in [6.07, 6.45) is 1.75. The maximum absolute atomic E-state index is 12.3. The van der Waals surface area contributed by atoms with Gasteiger partial charge in [-0.3, -0.25) is 20.2 Å². The number of hydrogen-bond acceptors (Lipinski definition) is 8. The molecule has 164 valence electrons. The normalized spacial score (nSPS) is 11.7. The van der Waals surface area contributed by atoms with Crippen LogP contribution in [0.3, 0.4) is 0 Å². The summed E-state index contributed by atoms with van der Waals surface area (Å²) >= 11 is 1.16. The minimum atomic E-state index is -1.05. The summed E-state index contributed by atoms with van der Waals surface area (Å²) < 4.78 is 10.2. The molecular formula is C22H19N3O6S. The Morgan fingerprint density at radius 2 is 1.97 bits per heavy atom. The first kappa shape index (κ1) is 22.6. The molecule has 3 rings (SSSR count). The van der Waals surface area contributed by atoms with E-state index in [-0.39, 0.29) is 10.8 Å². The van der Waals surface area contributed by atoms with Crippen molar-refractivity contribution in [1.82, 2.24) is 4.98 Å². The Hall–Kier alpha value is -4.05. The molecule has 0 bridgehead atoms. The van der Waals surface area contributed by atoms with Crippen LogP contribution in [0, 0.1) is 10.1 Å². The largest absolute Gasteiger partial charge is 0.497 e. The zero-order valence-electron chi connectivity index (χ0n) is 17.2. The minimum absolute atomic E-state index is 0.0516. The number of aromatic nitrogens is 1. The number of ether oxygens (including phenoxy) is 2. The van der Waals surface area contributed by atoms with Crippen molar-refractivity contribution in [2.24, 2.45) is 0 Å². The van der Waals surface area contributed by atoms with Crippen LogP contribution in [-0.4, -0.2) is 35.0 Å². The number of methoxy groups -OCH3 is 1. The fourth-order valence-corrected chi connectivity index (χ4v) is 3.32. The van der Waals surface area contributed by atoms with Crippen LogP contribution in [0.1, 0.15) is 12.5 Å². The number of nitro groups is 1.